The van der Waals surface area contributed by atoms with Crippen LogP contribution in [-0.4, -0.2) is 51.9 Å². The van der Waals surface area contributed by atoms with Crippen LogP contribution in [0.3, 0.4) is 0 Å². The molecule has 5 nitrogen and oxygen atoms in total. The summed E-state index contributed by atoms with van der Waals surface area (Å²) >= 11 is 5.77. The number of carbonyl (C=O) groups excluding carboxylic acids is 1. The molecule has 1 aromatic heterocycles. The zero-order valence-corrected chi connectivity index (χ0v) is 11.2. The summed E-state index contributed by atoms with van der Waals surface area (Å²) < 4.78 is 0. The van der Waals surface area contributed by atoms with Gasteiger partial charge in [0, 0.05) is 45.8 Å². The lowest BCUT2D eigenvalue weighted by molar-refractivity contribution is -0.128. The third-order valence-electron chi connectivity index (χ3n) is 3.10. The summed E-state index contributed by atoms with van der Waals surface area (Å²) in [6.45, 7) is 5.87. The molecular weight excluding hydrogens is 252 g/mol. The van der Waals surface area contributed by atoms with Crippen LogP contribution in [0.1, 0.15) is 19.0 Å². The number of rotatable bonds is 2. The second-order valence-corrected chi connectivity index (χ2v) is 4.79. The zero-order valence-electron chi connectivity index (χ0n) is 10.5. The third kappa shape index (κ3) is 3.65. The Morgan fingerprint density at radius 3 is 2.94 bits per heavy atom. The molecule has 2 rings (SSSR count). The summed E-state index contributed by atoms with van der Waals surface area (Å²) in [5.74, 6) is 0.155. The number of amides is 1. The zero-order chi connectivity index (χ0) is 13.0. The van der Waals surface area contributed by atoms with Gasteiger partial charge in [0.15, 0.2) is 0 Å². The van der Waals surface area contributed by atoms with Crippen molar-refractivity contribution in [3.05, 3.63) is 23.2 Å². The lowest BCUT2D eigenvalue weighted by Crippen LogP contribution is -2.33. The van der Waals surface area contributed by atoms with E-state index in [0.717, 1.165) is 44.8 Å². The first-order chi connectivity index (χ1) is 8.65. The molecule has 0 bridgehead atoms. The molecule has 0 unspecified atom stereocenters. The van der Waals surface area contributed by atoms with Crippen molar-refractivity contribution in [3.8, 4) is 0 Å². The van der Waals surface area contributed by atoms with E-state index < -0.39 is 0 Å². The Hall–Kier alpha value is -1.20. The van der Waals surface area contributed by atoms with E-state index in [0.29, 0.717) is 0 Å². The molecule has 0 saturated carbocycles. The van der Waals surface area contributed by atoms with Crippen LogP contribution in [0.15, 0.2) is 12.3 Å². The smallest absolute Gasteiger partial charge is 0.222 e. The number of nitrogens with zero attached hydrogens (tertiary/aromatic N) is 4. The fraction of sp³-hybridized carbons (Fsp3) is 0.583. The summed E-state index contributed by atoms with van der Waals surface area (Å²) in [7, 11) is 0. The molecule has 0 N–H and O–H groups in total. The van der Waals surface area contributed by atoms with Crippen LogP contribution in [0, 0.1) is 0 Å². The topological polar surface area (TPSA) is 49.3 Å². The first-order valence-electron chi connectivity index (χ1n) is 6.10. The largest absolute Gasteiger partial charge is 0.342 e. The van der Waals surface area contributed by atoms with E-state index in [4.69, 9.17) is 11.6 Å². The van der Waals surface area contributed by atoms with E-state index >= 15 is 0 Å². The molecular formula is C12H17ClN4O. The highest BCUT2D eigenvalue weighted by atomic mass is 35.5. The molecule has 18 heavy (non-hydrogen) atoms. The second kappa shape index (κ2) is 6.11. The highest BCUT2D eigenvalue weighted by Crippen LogP contribution is 2.08. The van der Waals surface area contributed by atoms with Gasteiger partial charge in [0.1, 0.15) is 0 Å². The monoisotopic (exact) mass is 268 g/mol. The van der Waals surface area contributed by atoms with E-state index in [9.17, 15) is 4.79 Å². The van der Waals surface area contributed by atoms with Gasteiger partial charge in [0.25, 0.3) is 0 Å². The molecule has 1 aliphatic rings. The Morgan fingerprint density at radius 1 is 1.39 bits per heavy atom. The van der Waals surface area contributed by atoms with Crippen LogP contribution in [-0.2, 0) is 11.3 Å². The van der Waals surface area contributed by atoms with Crippen molar-refractivity contribution in [3.63, 3.8) is 0 Å². The lowest BCUT2D eigenvalue weighted by Gasteiger charge is -2.20. The van der Waals surface area contributed by atoms with Gasteiger partial charge in [-0.05, 0) is 24.1 Å². The highest BCUT2D eigenvalue weighted by molar-refractivity contribution is 6.28. The minimum Gasteiger partial charge on any atom is -0.342 e. The van der Waals surface area contributed by atoms with Crippen molar-refractivity contribution in [1.29, 1.82) is 0 Å². The Morgan fingerprint density at radius 2 is 2.22 bits per heavy atom. The molecule has 0 radical (unpaired) electrons. The van der Waals surface area contributed by atoms with Crippen molar-refractivity contribution in [1.82, 2.24) is 19.8 Å². The Bertz CT molecular complexity index is 426. The van der Waals surface area contributed by atoms with Crippen molar-refractivity contribution in [2.75, 3.05) is 26.2 Å². The van der Waals surface area contributed by atoms with Crippen LogP contribution in [0.2, 0.25) is 5.28 Å². The highest BCUT2D eigenvalue weighted by Gasteiger charge is 2.16. The SMILES string of the molecule is CC(=O)N1CCCN(Cc2ccnc(Cl)n2)CC1. The molecule has 1 aromatic rings. The first-order valence-corrected chi connectivity index (χ1v) is 6.48. The molecule has 1 aliphatic heterocycles. The molecule has 1 saturated heterocycles. The van der Waals surface area contributed by atoms with E-state index in [-0.39, 0.29) is 11.2 Å². The van der Waals surface area contributed by atoms with E-state index in [1.807, 2.05) is 11.0 Å². The minimum atomic E-state index is 0.155. The average Bonchev–Trinajstić information content (AvgIpc) is 2.55. The van der Waals surface area contributed by atoms with Gasteiger partial charge in [-0.2, -0.15) is 0 Å². The van der Waals surface area contributed by atoms with Gasteiger partial charge in [0.2, 0.25) is 11.2 Å². The molecule has 0 atom stereocenters. The van der Waals surface area contributed by atoms with Crippen molar-refractivity contribution in [2.45, 2.75) is 19.9 Å². The van der Waals surface area contributed by atoms with Gasteiger partial charge >= 0.3 is 0 Å². The van der Waals surface area contributed by atoms with Crippen molar-refractivity contribution in [2.24, 2.45) is 0 Å². The normalized spacial score (nSPS) is 17.6. The average molecular weight is 269 g/mol. The molecule has 0 aliphatic carbocycles. The Kier molecular flexibility index (Phi) is 4.49. The number of aromatic nitrogens is 2. The van der Waals surface area contributed by atoms with Gasteiger partial charge in [-0.25, -0.2) is 9.97 Å². The summed E-state index contributed by atoms with van der Waals surface area (Å²) in [5.41, 5.74) is 0.922. The van der Waals surface area contributed by atoms with Crippen molar-refractivity contribution < 1.29 is 4.79 Å². The molecule has 2 heterocycles. The Labute approximate surface area is 112 Å². The summed E-state index contributed by atoms with van der Waals surface area (Å²) in [4.78, 5) is 23.6. The first kappa shape index (κ1) is 13.2. The third-order valence-corrected chi connectivity index (χ3v) is 3.29. The fourth-order valence-corrected chi connectivity index (χ4v) is 2.30. The molecule has 1 amide bonds. The van der Waals surface area contributed by atoms with Gasteiger partial charge in [-0.15, -0.1) is 0 Å². The molecule has 98 valence electrons. The van der Waals surface area contributed by atoms with Gasteiger partial charge < -0.3 is 4.90 Å². The van der Waals surface area contributed by atoms with Crippen LogP contribution >= 0.6 is 11.6 Å². The molecule has 0 spiro atoms. The predicted molar refractivity (Wildman–Crippen MR) is 69.2 cm³/mol. The fourth-order valence-electron chi connectivity index (χ4n) is 2.13. The van der Waals surface area contributed by atoms with Crippen LogP contribution < -0.4 is 0 Å². The lowest BCUT2D eigenvalue weighted by atomic mass is 10.3. The maximum absolute atomic E-state index is 11.3. The maximum atomic E-state index is 11.3. The molecule has 1 fully saturated rings. The number of hydrogen-bond acceptors (Lipinski definition) is 4. The standard InChI is InChI=1S/C12H17ClN4O/c1-10(18)17-6-2-5-16(7-8-17)9-11-3-4-14-12(13)15-11/h3-4H,2,5-9H2,1H3. The number of halogens is 1. The number of carbonyl (C=O) groups is 1. The minimum absolute atomic E-state index is 0.155. The molecule has 6 heteroatoms. The number of hydrogen-bond donors (Lipinski definition) is 0. The second-order valence-electron chi connectivity index (χ2n) is 4.45. The predicted octanol–water partition coefficient (Wildman–Crippen LogP) is 1.18. The van der Waals surface area contributed by atoms with Crippen molar-refractivity contribution >= 4 is 17.5 Å². The van der Waals surface area contributed by atoms with Crippen LogP contribution in [0.4, 0.5) is 0 Å². The Balaban J connectivity index is 1.92. The quantitative estimate of drug-likeness (QED) is 0.756. The van der Waals surface area contributed by atoms with Crippen LogP contribution in [0.25, 0.3) is 0 Å². The summed E-state index contributed by atoms with van der Waals surface area (Å²) in [6, 6.07) is 1.87. The van der Waals surface area contributed by atoms with E-state index in [1.165, 1.54) is 0 Å². The van der Waals surface area contributed by atoms with E-state index in [2.05, 4.69) is 14.9 Å². The van der Waals surface area contributed by atoms with Gasteiger partial charge in [0.05, 0.1) is 5.69 Å². The van der Waals surface area contributed by atoms with Crippen LogP contribution in [0.5, 0.6) is 0 Å². The molecule has 0 aromatic carbocycles. The summed E-state index contributed by atoms with van der Waals surface area (Å²) in [6.07, 6.45) is 2.67. The van der Waals surface area contributed by atoms with Gasteiger partial charge in [-0.1, -0.05) is 0 Å². The maximum Gasteiger partial charge on any atom is 0.222 e. The van der Waals surface area contributed by atoms with E-state index in [1.54, 1.807) is 13.1 Å². The summed E-state index contributed by atoms with van der Waals surface area (Å²) in [5, 5.41) is 0.285. The van der Waals surface area contributed by atoms with Gasteiger partial charge in [-0.3, -0.25) is 9.69 Å².